The van der Waals surface area contributed by atoms with Crippen molar-refractivity contribution in [3.05, 3.63) is 24.3 Å². The minimum Gasteiger partial charge on any atom is -0.508 e. The van der Waals surface area contributed by atoms with Gasteiger partial charge in [-0.1, -0.05) is 0 Å². The van der Waals surface area contributed by atoms with Crippen LogP contribution in [0.3, 0.4) is 0 Å². The van der Waals surface area contributed by atoms with Gasteiger partial charge >= 0.3 is 5.97 Å². The first-order chi connectivity index (χ1) is 9.32. The zero-order chi connectivity index (χ0) is 15.5. The Labute approximate surface area is 117 Å². The molecule has 1 atom stereocenters. The molecule has 0 bridgehead atoms. The summed E-state index contributed by atoms with van der Waals surface area (Å²) < 4.78 is 0. The maximum absolute atomic E-state index is 10.2. The number of phenolic OH excluding ortho intramolecular Hbond substituents is 1. The number of aliphatic imine (C=N–C) groups is 1. The first-order valence-corrected chi connectivity index (χ1v) is 5.91. The van der Waals surface area contributed by atoms with E-state index in [4.69, 9.17) is 33.1 Å². The van der Waals surface area contributed by atoms with Gasteiger partial charge < -0.3 is 33.1 Å². The molecule has 1 unspecified atom stereocenters. The molecule has 0 amide bonds. The number of rotatable bonds is 5. The second-order valence-corrected chi connectivity index (χ2v) is 3.99. The van der Waals surface area contributed by atoms with E-state index in [0.717, 1.165) is 0 Å². The molecule has 8 nitrogen and oxygen atoms in total. The van der Waals surface area contributed by atoms with E-state index in [2.05, 4.69) is 4.99 Å². The van der Waals surface area contributed by atoms with E-state index in [1.807, 2.05) is 0 Å². The number of nitrogens with zero attached hydrogens (tertiary/aromatic N) is 1. The van der Waals surface area contributed by atoms with Crippen LogP contribution in [0.25, 0.3) is 0 Å². The van der Waals surface area contributed by atoms with E-state index in [1.54, 1.807) is 24.3 Å². The standard InChI is InChI=1S/C6H14N4O2.C6H7NO/c7-4(5(11)12)2-1-3-10-6(8)9;7-5-1-3-6(8)4-2-5/h4H,1-3,7H2,(H,11,12)(H4,8,9,10);1-4,8H,7H2. The molecule has 1 aromatic carbocycles. The monoisotopic (exact) mass is 283 g/mol. The van der Waals surface area contributed by atoms with Gasteiger partial charge in [-0.05, 0) is 37.1 Å². The van der Waals surface area contributed by atoms with E-state index in [0.29, 0.717) is 25.1 Å². The topological polar surface area (TPSA) is 174 Å². The molecule has 0 spiro atoms. The average molecular weight is 283 g/mol. The first kappa shape index (κ1) is 17.5. The predicted octanol–water partition coefficient (Wildman–Crippen LogP) is -0.574. The molecule has 1 aromatic rings. The Morgan fingerprint density at radius 1 is 1.25 bits per heavy atom. The Balaban J connectivity index is 0.000000388. The molecule has 0 aromatic heterocycles. The maximum Gasteiger partial charge on any atom is 0.320 e. The molecular weight excluding hydrogens is 262 g/mol. The number of nitrogens with two attached hydrogens (primary N) is 4. The zero-order valence-corrected chi connectivity index (χ0v) is 11.1. The van der Waals surface area contributed by atoms with Crippen LogP contribution >= 0.6 is 0 Å². The van der Waals surface area contributed by atoms with Gasteiger partial charge in [-0.15, -0.1) is 0 Å². The molecule has 112 valence electrons. The number of nitrogen functional groups attached to an aromatic ring is 1. The maximum atomic E-state index is 10.2. The minimum absolute atomic E-state index is 0.0129. The van der Waals surface area contributed by atoms with Crippen LogP contribution in [0.5, 0.6) is 5.75 Å². The van der Waals surface area contributed by atoms with Crippen molar-refractivity contribution >= 4 is 17.6 Å². The van der Waals surface area contributed by atoms with Crippen LogP contribution in [0.2, 0.25) is 0 Å². The number of carbonyl (C=O) groups is 1. The van der Waals surface area contributed by atoms with E-state index in [9.17, 15) is 4.79 Å². The summed E-state index contributed by atoms with van der Waals surface area (Å²) in [5.74, 6) is -0.738. The van der Waals surface area contributed by atoms with Crippen LogP contribution in [0, 0.1) is 0 Å². The number of benzene rings is 1. The van der Waals surface area contributed by atoms with Gasteiger partial charge in [-0.2, -0.15) is 0 Å². The summed E-state index contributed by atoms with van der Waals surface area (Å²) >= 11 is 0. The third-order valence-corrected chi connectivity index (χ3v) is 2.18. The molecule has 0 aliphatic rings. The fourth-order valence-corrected chi connectivity index (χ4v) is 1.12. The number of carboxylic acids is 1. The van der Waals surface area contributed by atoms with Crippen LogP contribution in [-0.4, -0.2) is 34.7 Å². The Morgan fingerprint density at radius 3 is 2.20 bits per heavy atom. The Hall–Kier alpha value is -2.48. The number of guanidine groups is 1. The quantitative estimate of drug-likeness (QED) is 0.138. The third kappa shape index (κ3) is 9.54. The molecule has 0 saturated heterocycles. The lowest BCUT2D eigenvalue weighted by molar-refractivity contribution is -0.138. The Bertz CT molecular complexity index is 408. The van der Waals surface area contributed by atoms with Crippen molar-refractivity contribution in [1.29, 1.82) is 0 Å². The normalized spacial score (nSPS) is 10.8. The molecule has 0 aliphatic carbocycles. The number of anilines is 1. The van der Waals surface area contributed by atoms with Gasteiger partial charge in [0.1, 0.15) is 11.8 Å². The average Bonchev–Trinajstić information content (AvgIpc) is 2.38. The summed E-state index contributed by atoms with van der Waals surface area (Å²) in [7, 11) is 0. The molecule has 1 rings (SSSR count). The summed E-state index contributed by atoms with van der Waals surface area (Å²) in [6.45, 7) is 0.420. The zero-order valence-electron chi connectivity index (χ0n) is 11.1. The van der Waals surface area contributed by atoms with E-state index >= 15 is 0 Å². The summed E-state index contributed by atoms with van der Waals surface area (Å²) in [6, 6.07) is 5.58. The molecule has 0 aliphatic heterocycles. The van der Waals surface area contributed by atoms with E-state index < -0.39 is 12.0 Å². The second kappa shape index (κ2) is 9.45. The lowest BCUT2D eigenvalue weighted by Gasteiger charge is -2.03. The highest BCUT2D eigenvalue weighted by Crippen LogP contribution is 2.09. The van der Waals surface area contributed by atoms with E-state index in [-0.39, 0.29) is 11.7 Å². The van der Waals surface area contributed by atoms with Crippen molar-refractivity contribution < 1.29 is 15.0 Å². The van der Waals surface area contributed by atoms with Gasteiger partial charge in [0.2, 0.25) is 0 Å². The highest BCUT2D eigenvalue weighted by Gasteiger charge is 2.09. The van der Waals surface area contributed by atoms with Gasteiger partial charge in [-0.3, -0.25) is 9.79 Å². The summed E-state index contributed by atoms with van der Waals surface area (Å²) in [6.07, 6.45) is 0.956. The fraction of sp³-hybridized carbons (Fsp3) is 0.333. The SMILES string of the molecule is NC(N)=NCCCC(N)C(=O)O.Nc1ccc(O)cc1. The van der Waals surface area contributed by atoms with Gasteiger partial charge in [0.25, 0.3) is 0 Å². The highest BCUT2D eigenvalue weighted by molar-refractivity contribution is 5.75. The number of carboxylic acid groups (broad SMARTS) is 1. The highest BCUT2D eigenvalue weighted by atomic mass is 16.4. The molecule has 20 heavy (non-hydrogen) atoms. The number of phenols is 1. The van der Waals surface area contributed by atoms with Gasteiger partial charge in [0.05, 0.1) is 0 Å². The first-order valence-electron chi connectivity index (χ1n) is 5.91. The van der Waals surface area contributed by atoms with Crippen LogP contribution in [-0.2, 0) is 4.79 Å². The third-order valence-electron chi connectivity index (χ3n) is 2.18. The van der Waals surface area contributed by atoms with Gasteiger partial charge in [0.15, 0.2) is 5.96 Å². The Kier molecular flexibility index (Phi) is 8.28. The van der Waals surface area contributed by atoms with Crippen molar-refractivity contribution in [2.24, 2.45) is 22.2 Å². The molecule has 0 fully saturated rings. The fourth-order valence-electron chi connectivity index (χ4n) is 1.12. The predicted molar refractivity (Wildman–Crippen MR) is 78.0 cm³/mol. The number of hydrogen-bond acceptors (Lipinski definition) is 5. The molecule has 0 radical (unpaired) electrons. The summed E-state index contributed by atoms with van der Waals surface area (Å²) in [4.78, 5) is 13.9. The van der Waals surface area contributed by atoms with Crippen molar-refractivity contribution in [3.63, 3.8) is 0 Å². The Morgan fingerprint density at radius 2 is 1.80 bits per heavy atom. The number of aromatic hydroxyl groups is 1. The van der Waals surface area contributed by atoms with Gasteiger partial charge in [-0.25, -0.2) is 0 Å². The molecular formula is C12H21N5O3. The summed E-state index contributed by atoms with van der Waals surface area (Å²) in [5, 5.41) is 17.1. The van der Waals surface area contributed by atoms with Crippen molar-refractivity contribution in [3.8, 4) is 5.75 Å². The molecule has 0 saturated carbocycles. The molecule has 8 heteroatoms. The smallest absolute Gasteiger partial charge is 0.320 e. The van der Waals surface area contributed by atoms with Crippen molar-refractivity contribution in [2.75, 3.05) is 12.3 Å². The summed E-state index contributed by atoms with van der Waals surface area (Å²) in [5.41, 5.74) is 21.3. The second-order valence-electron chi connectivity index (χ2n) is 3.99. The number of hydrogen-bond donors (Lipinski definition) is 6. The largest absolute Gasteiger partial charge is 0.508 e. The van der Waals surface area contributed by atoms with Crippen molar-refractivity contribution in [1.82, 2.24) is 0 Å². The number of aliphatic carboxylic acids is 1. The van der Waals surface area contributed by atoms with Crippen LogP contribution in [0.4, 0.5) is 5.69 Å². The van der Waals surface area contributed by atoms with Crippen LogP contribution < -0.4 is 22.9 Å². The van der Waals surface area contributed by atoms with Gasteiger partial charge in [0, 0.05) is 12.2 Å². The van der Waals surface area contributed by atoms with Crippen molar-refractivity contribution in [2.45, 2.75) is 18.9 Å². The molecule has 0 heterocycles. The van der Waals surface area contributed by atoms with Crippen LogP contribution in [0.15, 0.2) is 29.3 Å². The minimum atomic E-state index is -1.00. The van der Waals surface area contributed by atoms with E-state index in [1.165, 1.54) is 0 Å². The molecule has 10 N–H and O–H groups in total. The van der Waals surface area contributed by atoms with Crippen LogP contribution in [0.1, 0.15) is 12.8 Å². The lowest BCUT2D eigenvalue weighted by atomic mass is 10.2. The lowest BCUT2D eigenvalue weighted by Crippen LogP contribution is -2.30.